The molecule has 9 heteroatoms. The van der Waals surface area contributed by atoms with Gasteiger partial charge in [0.25, 0.3) is 5.91 Å². The molecule has 0 atom stereocenters. The number of carbonyl (C=O) groups excluding carboxylic acids is 1. The van der Waals surface area contributed by atoms with Gasteiger partial charge in [-0.25, -0.2) is 8.42 Å². The Labute approximate surface area is 174 Å². The minimum absolute atomic E-state index is 0.173. The number of carbonyl (C=O) groups is 1. The third kappa shape index (κ3) is 4.69. The van der Waals surface area contributed by atoms with Gasteiger partial charge in [-0.05, 0) is 35.7 Å². The summed E-state index contributed by atoms with van der Waals surface area (Å²) in [5.41, 5.74) is 2.73. The van der Waals surface area contributed by atoms with E-state index in [1.54, 1.807) is 37.6 Å². The van der Waals surface area contributed by atoms with E-state index < -0.39 is 10.0 Å². The molecular formula is C20H22N4O3S2. The number of nitrogens with one attached hydrogen (secondary N) is 1. The first-order valence-electron chi connectivity index (χ1n) is 9.18. The summed E-state index contributed by atoms with van der Waals surface area (Å²) in [7, 11) is -3.55. The van der Waals surface area contributed by atoms with E-state index in [4.69, 9.17) is 0 Å². The molecule has 0 aliphatic heterocycles. The second-order valence-corrected chi connectivity index (χ2v) is 8.88. The van der Waals surface area contributed by atoms with Crippen molar-refractivity contribution in [3.63, 3.8) is 0 Å². The fourth-order valence-corrected chi connectivity index (χ4v) is 4.99. The number of nitrogens with zero attached hydrogens (tertiary/aromatic N) is 3. The molecule has 3 rings (SSSR count). The Morgan fingerprint density at radius 3 is 2.38 bits per heavy atom. The minimum atomic E-state index is -3.55. The molecule has 152 valence electrons. The highest BCUT2D eigenvalue weighted by atomic mass is 32.2. The average molecular weight is 431 g/mol. The van der Waals surface area contributed by atoms with Crippen molar-refractivity contribution in [2.75, 3.05) is 13.1 Å². The number of hydrogen-bond acceptors (Lipinski definition) is 6. The molecule has 0 saturated carbocycles. The molecule has 1 N–H and O–H groups in total. The lowest BCUT2D eigenvalue weighted by molar-refractivity contribution is 0.0950. The van der Waals surface area contributed by atoms with Crippen LogP contribution in [-0.4, -0.2) is 41.7 Å². The molecule has 0 aliphatic carbocycles. The molecule has 0 bridgehead atoms. The van der Waals surface area contributed by atoms with Gasteiger partial charge < -0.3 is 5.32 Å². The van der Waals surface area contributed by atoms with Crippen LogP contribution in [0.5, 0.6) is 0 Å². The molecule has 0 saturated heterocycles. The standard InChI is InChI=1S/C20H22N4O3S2/c1-3-24(4-2)29(26,27)17-7-5-15(6-8-17)20(25)23-13-18-19(22-11-10-21-18)16-9-12-28-14-16/h5-12,14H,3-4,13H2,1-2H3,(H,23,25). The monoisotopic (exact) mass is 430 g/mol. The molecule has 3 aromatic rings. The Balaban J connectivity index is 1.72. The normalized spacial score (nSPS) is 11.6. The highest BCUT2D eigenvalue weighted by Crippen LogP contribution is 2.22. The van der Waals surface area contributed by atoms with Crippen LogP contribution in [0.2, 0.25) is 0 Å². The van der Waals surface area contributed by atoms with Crippen LogP contribution in [0.1, 0.15) is 29.9 Å². The topological polar surface area (TPSA) is 92.3 Å². The van der Waals surface area contributed by atoms with Crippen molar-refractivity contribution in [1.29, 1.82) is 0 Å². The zero-order valence-electron chi connectivity index (χ0n) is 16.2. The van der Waals surface area contributed by atoms with Gasteiger partial charge in [-0.1, -0.05) is 13.8 Å². The number of benzene rings is 1. The zero-order chi connectivity index (χ0) is 20.9. The number of sulfonamides is 1. The summed E-state index contributed by atoms with van der Waals surface area (Å²) >= 11 is 1.57. The van der Waals surface area contributed by atoms with Gasteiger partial charge in [-0.3, -0.25) is 14.8 Å². The van der Waals surface area contributed by atoms with Crippen LogP contribution < -0.4 is 5.32 Å². The summed E-state index contributed by atoms with van der Waals surface area (Å²) in [6, 6.07) is 7.91. The number of rotatable bonds is 8. The highest BCUT2D eigenvalue weighted by Gasteiger charge is 2.21. The summed E-state index contributed by atoms with van der Waals surface area (Å²) in [5.74, 6) is -0.307. The van der Waals surface area contributed by atoms with Gasteiger partial charge >= 0.3 is 0 Å². The Morgan fingerprint density at radius 1 is 1.07 bits per heavy atom. The summed E-state index contributed by atoms with van der Waals surface area (Å²) in [4.78, 5) is 21.4. The first-order chi connectivity index (χ1) is 14.0. The maximum Gasteiger partial charge on any atom is 0.251 e. The minimum Gasteiger partial charge on any atom is -0.346 e. The molecule has 2 aromatic heterocycles. The summed E-state index contributed by atoms with van der Waals surface area (Å²) in [5, 5.41) is 6.76. The molecule has 1 aromatic carbocycles. The smallest absolute Gasteiger partial charge is 0.251 e. The lowest BCUT2D eigenvalue weighted by Gasteiger charge is -2.18. The van der Waals surface area contributed by atoms with Crippen molar-refractivity contribution in [2.45, 2.75) is 25.3 Å². The fraction of sp³-hybridized carbons (Fsp3) is 0.250. The van der Waals surface area contributed by atoms with Crippen LogP contribution in [0.3, 0.4) is 0 Å². The third-order valence-corrected chi connectivity index (χ3v) is 7.19. The van der Waals surface area contributed by atoms with Crippen molar-refractivity contribution in [3.05, 3.63) is 64.7 Å². The van der Waals surface area contributed by atoms with Gasteiger partial charge in [-0.15, -0.1) is 0 Å². The summed E-state index contributed by atoms with van der Waals surface area (Å²) < 4.78 is 26.5. The van der Waals surface area contributed by atoms with Gasteiger partial charge in [0.1, 0.15) is 0 Å². The molecule has 1 amide bonds. The largest absolute Gasteiger partial charge is 0.346 e. The van der Waals surface area contributed by atoms with Gasteiger partial charge in [0.05, 0.1) is 22.8 Å². The zero-order valence-corrected chi connectivity index (χ0v) is 17.8. The van der Waals surface area contributed by atoms with E-state index in [2.05, 4.69) is 15.3 Å². The van der Waals surface area contributed by atoms with Crippen LogP contribution in [0.25, 0.3) is 11.3 Å². The van der Waals surface area contributed by atoms with Crippen LogP contribution in [0.15, 0.2) is 58.4 Å². The third-order valence-electron chi connectivity index (χ3n) is 4.44. The van der Waals surface area contributed by atoms with Gasteiger partial charge in [0.2, 0.25) is 10.0 Å². The summed E-state index contributed by atoms with van der Waals surface area (Å²) in [6.07, 6.45) is 3.21. The quantitative estimate of drug-likeness (QED) is 0.593. The molecule has 0 aliphatic rings. The van der Waals surface area contributed by atoms with Crippen molar-refractivity contribution < 1.29 is 13.2 Å². The molecular weight excluding hydrogens is 408 g/mol. The summed E-state index contributed by atoms with van der Waals surface area (Å²) in [6.45, 7) is 4.59. The Kier molecular flexibility index (Phi) is 6.73. The molecule has 0 fully saturated rings. The van der Waals surface area contributed by atoms with E-state index in [0.29, 0.717) is 24.3 Å². The van der Waals surface area contributed by atoms with Crippen LogP contribution in [0.4, 0.5) is 0 Å². The van der Waals surface area contributed by atoms with Crippen molar-refractivity contribution >= 4 is 27.3 Å². The Morgan fingerprint density at radius 2 is 1.76 bits per heavy atom. The van der Waals surface area contributed by atoms with Crippen LogP contribution in [0, 0.1) is 0 Å². The Hall–Kier alpha value is -2.62. The lowest BCUT2D eigenvalue weighted by atomic mass is 10.1. The van der Waals surface area contributed by atoms with Crippen molar-refractivity contribution in [1.82, 2.24) is 19.6 Å². The average Bonchev–Trinajstić information content (AvgIpc) is 3.28. The van der Waals surface area contributed by atoms with Gasteiger partial charge in [-0.2, -0.15) is 15.6 Å². The van der Waals surface area contributed by atoms with Crippen molar-refractivity contribution in [3.8, 4) is 11.3 Å². The van der Waals surface area contributed by atoms with E-state index in [-0.39, 0.29) is 17.3 Å². The first kappa shape index (κ1) is 21.1. The van der Waals surface area contributed by atoms with Gasteiger partial charge in [0, 0.05) is 42.0 Å². The molecule has 0 radical (unpaired) electrons. The van der Waals surface area contributed by atoms with E-state index in [0.717, 1.165) is 11.3 Å². The predicted molar refractivity (Wildman–Crippen MR) is 113 cm³/mol. The van der Waals surface area contributed by atoms with E-state index in [1.165, 1.54) is 28.6 Å². The van der Waals surface area contributed by atoms with Gasteiger partial charge in [0.15, 0.2) is 0 Å². The fourth-order valence-electron chi connectivity index (χ4n) is 2.89. The Bertz CT molecular complexity index is 1060. The SMILES string of the molecule is CCN(CC)S(=O)(=O)c1ccc(C(=O)NCc2nccnc2-c2ccsc2)cc1. The number of aromatic nitrogens is 2. The lowest BCUT2D eigenvalue weighted by Crippen LogP contribution is -2.30. The predicted octanol–water partition coefficient (Wildman–Crippen LogP) is 3.17. The second kappa shape index (κ2) is 9.25. The first-order valence-corrected chi connectivity index (χ1v) is 11.6. The van der Waals surface area contributed by atoms with E-state index in [1.807, 2.05) is 16.8 Å². The molecule has 29 heavy (non-hydrogen) atoms. The van der Waals surface area contributed by atoms with E-state index in [9.17, 15) is 13.2 Å². The number of thiophene rings is 1. The molecule has 2 heterocycles. The number of hydrogen-bond donors (Lipinski definition) is 1. The van der Waals surface area contributed by atoms with Crippen LogP contribution >= 0.6 is 11.3 Å². The van der Waals surface area contributed by atoms with Crippen molar-refractivity contribution in [2.24, 2.45) is 0 Å². The molecule has 0 unspecified atom stereocenters. The van der Waals surface area contributed by atoms with E-state index >= 15 is 0 Å². The van der Waals surface area contributed by atoms with Crippen LogP contribution in [-0.2, 0) is 16.6 Å². The molecule has 7 nitrogen and oxygen atoms in total. The second-order valence-electron chi connectivity index (χ2n) is 6.16. The number of amides is 1. The maximum atomic E-state index is 12.5. The maximum absolute atomic E-state index is 12.5. The highest BCUT2D eigenvalue weighted by molar-refractivity contribution is 7.89. The molecule has 0 spiro atoms.